The number of halogens is 2. The van der Waals surface area contributed by atoms with E-state index in [-0.39, 0.29) is 24.8 Å². The molecule has 0 unspecified atom stereocenters. The van der Waals surface area contributed by atoms with E-state index in [2.05, 4.69) is 62.4 Å². The normalized spacial score (nSPS) is 9.93. The fourth-order valence-corrected chi connectivity index (χ4v) is 4.14. The predicted molar refractivity (Wildman–Crippen MR) is 115 cm³/mol. The maximum atomic E-state index is 4.68. The number of nitrogens with one attached hydrogen (secondary N) is 2. The summed E-state index contributed by atoms with van der Waals surface area (Å²) in [4.78, 5) is 10.3. The molecule has 0 aliphatic heterocycles. The van der Waals surface area contributed by atoms with Crippen LogP contribution < -0.4 is 35.4 Å². The van der Waals surface area contributed by atoms with Crippen molar-refractivity contribution >= 4 is 32.9 Å². The molecule has 0 amide bonds. The monoisotopic (exact) mass is 462 g/mol. The Labute approximate surface area is 191 Å². The molecule has 2 N–H and O–H groups in total. The van der Waals surface area contributed by atoms with Gasteiger partial charge in [0.1, 0.15) is 0 Å². The Morgan fingerprint density at radius 2 is 1.41 bits per heavy atom. The topological polar surface area (TPSA) is 49.8 Å². The van der Waals surface area contributed by atoms with Crippen molar-refractivity contribution in [3.63, 3.8) is 0 Å². The molecule has 4 aromatic rings. The number of nitrogens with zero attached hydrogens (tertiary/aromatic N) is 2. The third-order valence-corrected chi connectivity index (χ3v) is 5.84. The second kappa shape index (κ2) is 11.8. The molecule has 4 nitrogen and oxygen atoms in total. The molecule has 8 heteroatoms. The molecular formula is C21H20Cl2N4S2-2. The van der Waals surface area contributed by atoms with Crippen molar-refractivity contribution < 1.29 is 24.8 Å². The maximum Gasteiger partial charge on any atom is 0.183 e. The fourth-order valence-electron chi connectivity index (χ4n) is 2.68. The molecule has 0 aliphatic rings. The van der Waals surface area contributed by atoms with E-state index in [9.17, 15) is 0 Å². The maximum absolute atomic E-state index is 4.68. The van der Waals surface area contributed by atoms with Gasteiger partial charge < -0.3 is 35.4 Å². The first-order valence-electron chi connectivity index (χ1n) is 8.80. The summed E-state index contributed by atoms with van der Waals surface area (Å²) in [6.07, 6.45) is 2.79. The second-order valence-corrected chi connectivity index (χ2v) is 8.10. The first-order chi connectivity index (χ1) is 13.3. The second-order valence-electron chi connectivity index (χ2n) is 6.13. The molecule has 0 aliphatic carbocycles. The minimum atomic E-state index is 0. The number of rotatable bonds is 8. The lowest BCUT2D eigenvalue weighted by atomic mass is 10.1. The summed E-state index contributed by atoms with van der Waals surface area (Å²) in [6.45, 7) is 1.53. The zero-order valence-electron chi connectivity index (χ0n) is 15.5. The van der Waals surface area contributed by atoms with Crippen LogP contribution in [0.25, 0.3) is 0 Å². The molecule has 0 fully saturated rings. The lowest BCUT2D eigenvalue weighted by molar-refractivity contribution is -0.001000. The van der Waals surface area contributed by atoms with Gasteiger partial charge in [-0.25, -0.2) is 9.97 Å². The van der Waals surface area contributed by atoms with Crippen molar-refractivity contribution in [2.75, 3.05) is 10.6 Å². The Hall–Kier alpha value is -2.12. The van der Waals surface area contributed by atoms with E-state index >= 15 is 0 Å². The van der Waals surface area contributed by atoms with Crippen LogP contribution in [0.1, 0.15) is 21.7 Å². The van der Waals surface area contributed by atoms with Crippen LogP contribution >= 0.6 is 22.7 Å². The van der Waals surface area contributed by atoms with E-state index in [1.165, 1.54) is 16.0 Å². The average molecular weight is 463 g/mol. The van der Waals surface area contributed by atoms with Crippen molar-refractivity contribution in [3.05, 3.63) is 93.9 Å². The lowest BCUT2D eigenvalue weighted by Crippen LogP contribution is -3.00. The highest BCUT2D eigenvalue weighted by atomic mass is 35.5. The third kappa shape index (κ3) is 7.01. The number of anilines is 2. The van der Waals surface area contributed by atoms with Crippen LogP contribution in [0.5, 0.6) is 0 Å². The highest BCUT2D eigenvalue weighted by molar-refractivity contribution is 7.15. The number of aromatic nitrogens is 2. The summed E-state index contributed by atoms with van der Waals surface area (Å²) < 4.78 is 0. The van der Waals surface area contributed by atoms with Crippen LogP contribution in [0, 0.1) is 0 Å². The largest absolute Gasteiger partial charge is 1.00 e. The number of hydrogen-bond acceptors (Lipinski definition) is 6. The van der Waals surface area contributed by atoms with Crippen molar-refractivity contribution in [1.82, 2.24) is 9.97 Å². The van der Waals surface area contributed by atoms with Crippen LogP contribution in [-0.2, 0) is 19.5 Å². The van der Waals surface area contributed by atoms with Gasteiger partial charge in [0.25, 0.3) is 0 Å². The minimum Gasteiger partial charge on any atom is -1.00 e. The zero-order valence-corrected chi connectivity index (χ0v) is 18.7. The Bertz CT molecular complexity index is 975. The van der Waals surface area contributed by atoms with Crippen molar-refractivity contribution in [1.29, 1.82) is 0 Å². The highest BCUT2D eigenvalue weighted by Gasteiger charge is 2.05. The van der Waals surface area contributed by atoms with Gasteiger partial charge in [-0.3, -0.25) is 0 Å². The van der Waals surface area contributed by atoms with Gasteiger partial charge in [0.15, 0.2) is 10.3 Å². The summed E-state index contributed by atoms with van der Waals surface area (Å²) in [5.74, 6) is 0. The molecule has 2 aromatic carbocycles. The van der Waals surface area contributed by atoms with E-state index in [1.54, 1.807) is 22.7 Å². The Balaban J connectivity index is 0.00000150. The Morgan fingerprint density at radius 3 is 2.14 bits per heavy atom. The molecule has 2 heterocycles. The molecule has 0 bridgehead atoms. The average Bonchev–Trinajstić information content (AvgIpc) is 3.36. The van der Waals surface area contributed by atoms with Gasteiger partial charge in [-0.1, -0.05) is 60.7 Å². The molecule has 0 atom stereocenters. The standard InChI is InChI=1S/C21H20N4S2.2ClH/c1-3-7-16(8-4-1)11-18-15-26-21(25-18)24-14-19-13-23-20(27-19)22-12-17-9-5-2-6-10-17;;/h1-10,13,15H,11-12,14H2,(H,22,23)(H,24,25);2*1H/p-2. The third-order valence-electron chi connectivity index (χ3n) is 4.03. The van der Waals surface area contributed by atoms with Gasteiger partial charge >= 0.3 is 0 Å². The summed E-state index contributed by atoms with van der Waals surface area (Å²) in [7, 11) is 0. The van der Waals surface area contributed by atoms with Gasteiger partial charge in [-0.2, -0.15) is 0 Å². The highest BCUT2D eigenvalue weighted by Crippen LogP contribution is 2.22. The summed E-state index contributed by atoms with van der Waals surface area (Å²) in [5.41, 5.74) is 3.63. The number of hydrogen-bond donors (Lipinski definition) is 2. The first kappa shape index (κ1) is 23.2. The summed E-state index contributed by atoms with van der Waals surface area (Å²) in [5, 5.41) is 10.8. The number of thiazole rings is 2. The summed E-state index contributed by atoms with van der Waals surface area (Å²) in [6, 6.07) is 20.8. The molecule has 4 rings (SSSR count). The fraction of sp³-hybridized carbons (Fsp3) is 0.143. The molecule has 0 saturated carbocycles. The van der Waals surface area contributed by atoms with E-state index in [0.29, 0.717) is 0 Å². The molecule has 0 radical (unpaired) electrons. The molecule has 29 heavy (non-hydrogen) atoms. The molecule has 0 spiro atoms. The smallest absolute Gasteiger partial charge is 0.183 e. The summed E-state index contributed by atoms with van der Waals surface area (Å²) >= 11 is 3.32. The SMILES string of the molecule is [Cl-].[Cl-].c1ccc(CNc2ncc(CNc3nc(Cc4ccccc4)cs3)s2)cc1. The molecule has 0 saturated heterocycles. The Morgan fingerprint density at radius 1 is 0.759 bits per heavy atom. The quantitative estimate of drug-likeness (QED) is 0.368. The van der Waals surface area contributed by atoms with Gasteiger partial charge in [-0.15, -0.1) is 22.7 Å². The number of benzene rings is 2. The van der Waals surface area contributed by atoms with Gasteiger partial charge in [0, 0.05) is 29.4 Å². The zero-order chi connectivity index (χ0) is 18.3. The van der Waals surface area contributed by atoms with Crippen LogP contribution in [0.2, 0.25) is 0 Å². The predicted octanol–water partition coefficient (Wildman–Crippen LogP) is -0.577. The van der Waals surface area contributed by atoms with Crippen LogP contribution in [0.15, 0.2) is 72.2 Å². The van der Waals surface area contributed by atoms with Crippen LogP contribution in [0.3, 0.4) is 0 Å². The molecule has 2 aromatic heterocycles. The van der Waals surface area contributed by atoms with Gasteiger partial charge in [0.05, 0.1) is 12.2 Å². The van der Waals surface area contributed by atoms with Crippen molar-refractivity contribution in [3.8, 4) is 0 Å². The van der Waals surface area contributed by atoms with Crippen molar-refractivity contribution in [2.45, 2.75) is 19.5 Å². The van der Waals surface area contributed by atoms with Gasteiger partial charge in [-0.05, 0) is 11.1 Å². The van der Waals surface area contributed by atoms with E-state index in [0.717, 1.165) is 35.5 Å². The first-order valence-corrected chi connectivity index (χ1v) is 10.5. The minimum absolute atomic E-state index is 0. The Kier molecular flexibility index (Phi) is 9.41. The molecular weight excluding hydrogens is 443 g/mol. The van der Waals surface area contributed by atoms with Crippen molar-refractivity contribution in [2.24, 2.45) is 0 Å². The van der Waals surface area contributed by atoms with Crippen LogP contribution in [0.4, 0.5) is 10.3 Å². The van der Waals surface area contributed by atoms with E-state index in [1.807, 2.05) is 30.5 Å². The van der Waals surface area contributed by atoms with Crippen LogP contribution in [-0.4, -0.2) is 9.97 Å². The van der Waals surface area contributed by atoms with E-state index in [4.69, 9.17) is 0 Å². The lowest BCUT2D eigenvalue weighted by Gasteiger charge is -2.02. The molecule has 152 valence electrons. The van der Waals surface area contributed by atoms with Gasteiger partial charge in [0.2, 0.25) is 0 Å². The van der Waals surface area contributed by atoms with E-state index < -0.39 is 0 Å².